The highest BCUT2D eigenvalue weighted by Crippen LogP contribution is 2.48. The molecule has 1 aliphatic carbocycles. The van der Waals surface area contributed by atoms with E-state index in [0.717, 1.165) is 23.1 Å². The van der Waals surface area contributed by atoms with Crippen molar-refractivity contribution in [3.05, 3.63) is 88.7 Å². The van der Waals surface area contributed by atoms with Crippen molar-refractivity contribution in [1.29, 1.82) is 0 Å². The summed E-state index contributed by atoms with van der Waals surface area (Å²) in [6.07, 6.45) is 1.73. The Bertz CT molecular complexity index is 1270. The Labute approximate surface area is 204 Å². The number of methoxy groups -OCH3 is 1. The zero-order valence-electron chi connectivity index (χ0n) is 19.7. The molecule has 3 aromatic carbocycles. The van der Waals surface area contributed by atoms with Crippen LogP contribution in [0.4, 0.5) is 4.39 Å². The van der Waals surface area contributed by atoms with E-state index in [1.807, 2.05) is 29.2 Å². The van der Waals surface area contributed by atoms with Gasteiger partial charge in [0.2, 0.25) is 5.91 Å². The SMILES string of the molecule is COc1ccc(CC(=O)O)cc1-c1ccc(F)c2c1CCN(C(=O)[C@@H]1C[C@H]1c1ccccc1)CC2. The number of ether oxygens (including phenoxy) is 1. The summed E-state index contributed by atoms with van der Waals surface area (Å²) in [7, 11) is 1.57. The average Bonchev–Trinajstić information content (AvgIpc) is 3.68. The van der Waals surface area contributed by atoms with Gasteiger partial charge in [-0.15, -0.1) is 0 Å². The highest BCUT2D eigenvalue weighted by atomic mass is 19.1. The van der Waals surface area contributed by atoms with Gasteiger partial charge in [-0.2, -0.15) is 0 Å². The fourth-order valence-electron chi connectivity index (χ4n) is 5.32. The first kappa shape index (κ1) is 23.1. The number of hydrogen-bond donors (Lipinski definition) is 1. The maximum Gasteiger partial charge on any atom is 0.307 e. The molecule has 0 unspecified atom stereocenters. The van der Waals surface area contributed by atoms with Gasteiger partial charge in [0.25, 0.3) is 0 Å². The van der Waals surface area contributed by atoms with Crippen LogP contribution in [0, 0.1) is 11.7 Å². The van der Waals surface area contributed by atoms with Gasteiger partial charge in [-0.05, 0) is 71.2 Å². The van der Waals surface area contributed by atoms with Crippen LogP contribution in [0.5, 0.6) is 5.75 Å². The van der Waals surface area contributed by atoms with Crippen molar-refractivity contribution < 1.29 is 23.8 Å². The molecule has 1 fully saturated rings. The Hall–Kier alpha value is -3.67. The third-order valence-corrected chi connectivity index (χ3v) is 7.19. The second-order valence-corrected chi connectivity index (χ2v) is 9.34. The van der Waals surface area contributed by atoms with Gasteiger partial charge in [0.15, 0.2) is 0 Å². The van der Waals surface area contributed by atoms with Crippen molar-refractivity contribution in [3.8, 4) is 16.9 Å². The summed E-state index contributed by atoms with van der Waals surface area (Å²) in [5.74, 6) is -0.170. The molecule has 1 heterocycles. The fraction of sp³-hybridized carbons (Fsp3) is 0.310. The van der Waals surface area contributed by atoms with Crippen molar-refractivity contribution in [2.45, 2.75) is 31.6 Å². The number of halogens is 1. The first-order chi connectivity index (χ1) is 17.0. The van der Waals surface area contributed by atoms with E-state index in [9.17, 15) is 19.1 Å². The summed E-state index contributed by atoms with van der Waals surface area (Å²) in [6.45, 7) is 1.01. The lowest BCUT2D eigenvalue weighted by Crippen LogP contribution is -2.34. The van der Waals surface area contributed by atoms with E-state index in [1.165, 1.54) is 11.6 Å². The van der Waals surface area contributed by atoms with E-state index >= 15 is 0 Å². The number of amides is 1. The first-order valence-corrected chi connectivity index (χ1v) is 12.0. The van der Waals surface area contributed by atoms with Crippen LogP contribution in [0.3, 0.4) is 0 Å². The van der Waals surface area contributed by atoms with E-state index in [2.05, 4.69) is 12.1 Å². The minimum absolute atomic E-state index is 0.00396. The van der Waals surface area contributed by atoms with Gasteiger partial charge in [-0.25, -0.2) is 4.39 Å². The molecule has 0 saturated heterocycles. The van der Waals surface area contributed by atoms with Gasteiger partial charge in [0.1, 0.15) is 11.6 Å². The van der Waals surface area contributed by atoms with Crippen LogP contribution in [0.2, 0.25) is 0 Å². The van der Waals surface area contributed by atoms with Gasteiger partial charge in [-0.1, -0.05) is 42.5 Å². The summed E-state index contributed by atoms with van der Waals surface area (Å²) >= 11 is 0. The van der Waals surface area contributed by atoms with Crippen LogP contribution in [0.25, 0.3) is 11.1 Å². The van der Waals surface area contributed by atoms with Crippen LogP contribution >= 0.6 is 0 Å². The van der Waals surface area contributed by atoms with Gasteiger partial charge in [-0.3, -0.25) is 9.59 Å². The lowest BCUT2D eigenvalue weighted by atomic mass is 9.90. The van der Waals surface area contributed by atoms with Gasteiger partial charge < -0.3 is 14.7 Å². The molecule has 2 aliphatic rings. The number of carboxylic acids is 1. The molecule has 6 heteroatoms. The molecule has 3 aromatic rings. The molecule has 2 atom stereocenters. The van der Waals surface area contributed by atoms with Crippen LogP contribution < -0.4 is 4.74 Å². The van der Waals surface area contributed by atoms with Gasteiger partial charge in [0, 0.05) is 24.6 Å². The van der Waals surface area contributed by atoms with Crippen LogP contribution in [-0.2, 0) is 28.9 Å². The third-order valence-electron chi connectivity index (χ3n) is 7.19. The minimum atomic E-state index is -0.915. The highest BCUT2D eigenvalue weighted by molar-refractivity contribution is 5.83. The number of hydrogen-bond acceptors (Lipinski definition) is 3. The van der Waals surface area contributed by atoms with Crippen molar-refractivity contribution in [1.82, 2.24) is 4.90 Å². The van der Waals surface area contributed by atoms with Gasteiger partial charge in [0.05, 0.1) is 13.5 Å². The van der Waals surface area contributed by atoms with E-state index < -0.39 is 5.97 Å². The van der Waals surface area contributed by atoms with E-state index in [0.29, 0.717) is 42.8 Å². The summed E-state index contributed by atoms with van der Waals surface area (Å²) in [5.41, 5.74) is 4.91. The zero-order chi connectivity index (χ0) is 24.5. The maximum absolute atomic E-state index is 15.0. The van der Waals surface area contributed by atoms with Crippen molar-refractivity contribution in [3.63, 3.8) is 0 Å². The number of rotatable bonds is 6. The summed E-state index contributed by atoms with van der Waals surface area (Å²) in [5, 5.41) is 9.22. The molecule has 1 saturated carbocycles. The van der Waals surface area contributed by atoms with Crippen LogP contribution in [0.15, 0.2) is 60.7 Å². The lowest BCUT2D eigenvalue weighted by molar-refractivity contribution is -0.136. The molecule has 35 heavy (non-hydrogen) atoms. The van der Waals surface area contributed by atoms with Crippen molar-refractivity contribution in [2.24, 2.45) is 5.92 Å². The number of carboxylic acid groups (broad SMARTS) is 1. The van der Waals surface area contributed by atoms with E-state index in [1.54, 1.807) is 25.3 Å². The number of carbonyl (C=O) groups is 2. The molecule has 1 amide bonds. The predicted octanol–water partition coefficient (Wildman–Crippen LogP) is 4.86. The number of fused-ring (bicyclic) bond motifs is 1. The second kappa shape index (κ2) is 9.53. The lowest BCUT2D eigenvalue weighted by Gasteiger charge is -2.20. The topological polar surface area (TPSA) is 66.8 Å². The molecular weight excluding hydrogens is 445 g/mol. The van der Waals surface area contributed by atoms with E-state index in [-0.39, 0.29) is 30.0 Å². The largest absolute Gasteiger partial charge is 0.496 e. The monoisotopic (exact) mass is 473 g/mol. The predicted molar refractivity (Wildman–Crippen MR) is 131 cm³/mol. The fourth-order valence-corrected chi connectivity index (χ4v) is 5.32. The smallest absolute Gasteiger partial charge is 0.307 e. The summed E-state index contributed by atoms with van der Waals surface area (Å²) in [4.78, 5) is 26.4. The van der Waals surface area contributed by atoms with Crippen molar-refractivity contribution in [2.75, 3.05) is 20.2 Å². The Morgan fingerprint density at radius 3 is 2.46 bits per heavy atom. The number of nitrogens with zero attached hydrogens (tertiary/aromatic N) is 1. The standard InChI is InChI=1S/C29H28FNO4/c1-35-27-10-7-18(16-28(32)33)15-24(27)20-8-9-26(30)22-12-14-31(13-11-21(20)22)29(34)25-17-23(25)19-5-3-2-4-6-19/h2-10,15,23,25H,11-14,16-17H2,1H3,(H,32,33)/t23-,25+/m0/s1. The molecule has 5 nitrogen and oxygen atoms in total. The maximum atomic E-state index is 15.0. The Morgan fingerprint density at radius 2 is 1.74 bits per heavy atom. The number of carbonyl (C=O) groups excluding carboxylic acids is 1. The molecule has 180 valence electrons. The average molecular weight is 474 g/mol. The number of benzene rings is 3. The number of aliphatic carboxylic acids is 1. The minimum Gasteiger partial charge on any atom is -0.496 e. The van der Waals surface area contributed by atoms with Gasteiger partial charge >= 0.3 is 5.97 Å². The normalized spacial score (nSPS) is 19.0. The summed E-state index contributed by atoms with van der Waals surface area (Å²) in [6, 6.07) is 18.6. The Morgan fingerprint density at radius 1 is 1.00 bits per heavy atom. The molecule has 1 N–H and O–H groups in total. The second-order valence-electron chi connectivity index (χ2n) is 9.34. The van der Waals surface area contributed by atoms with Crippen LogP contribution in [0.1, 0.15) is 34.6 Å². The van der Waals surface area contributed by atoms with Crippen LogP contribution in [-0.4, -0.2) is 42.1 Å². The Balaban J connectivity index is 1.41. The third kappa shape index (κ3) is 4.65. The van der Waals surface area contributed by atoms with Crippen molar-refractivity contribution >= 4 is 11.9 Å². The zero-order valence-corrected chi connectivity index (χ0v) is 19.7. The van der Waals surface area contributed by atoms with E-state index in [4.69, 9.17) is 4.74 Å². The first-order valence-electron chi connectivity index (χ1n) is 12.0. The molecule has 0 radical (unpaired) electrons. The molecule has 0 bridgehead atoms. The quantitative estimate of drug-likeness (QED) is 0.555. The molecule has 0 aromatic heterocycles. The molecular formula is C29H28FNO4. The molecule has 1 aliphatic heterocycles. The summed E-state index contributed by atoms with van der Waals surface area (Å²) < 4.78 is 20.5. The molecule has 5 rings (SSSR count). The Kier molecular flexibility index (Phi) is 6.29. The highest BCUT2D eigenvalue weighted by Gasteiger charge is 2.45. The molecule has 0 spiro atoms.